The van der Waals surface area contributed by atoms with Crippen LogP contribution in [0.1, 0.15) is 42.4 Å². The Morgan fingerprint density at radius 3 is 1.94 bits per heavy atom. The molecule has 0 bridgehead atoms. The molecule has 0 spiro atoms. The first kappa shape index (κ1) is 21.7. The molecule has 1 aliphatic rings. The first-order valence-electron chi connectivity index (χ1n) is 11.3. The number of ether oxygens (including phenoxy) is 1. The van der Waals surface area contributed by atoms with Crippen molar-refractivity contribution in [3.63, 3.8) is 0 Å². The van der Waals surface area contributed by atoms with Gasteiger partial charge in [0.25, 0.3) is 0 Å². The Kier molecular flexibility index (Phi) is 7.81. The van der Waals surface area contributed by atoms with Gasteiger partial charge in [0.1, 0.15) is 5.75 Å². The van der Waals surface area contributed by atoms with E-state index in [-0.39, 0.29) is 0 Å². The fourth-order valence-corrected chi connectivity index (χ4v) is 4.45. The highest BCUT2D eigenvalue weighted by Crippen LogP contribution is 2.35. The molecule has 0 saturated carbocycles. The maximum atomic E-state index is 6.90. The van der Waals surface area contributed by atoms with Gasteiger partial charge in [-0.3, -0.25) is 0 Å². The predicted molar refractivity (Wildman–Crippen MR) is 131 cm³/mol. The summed E-state index contributed by atoms with van der Waals surface area (Å²) in [4.78, 5) is 2.56. The molecule has 3 aromatic rings. The van der Waals surface area contributed by atoms with Crippen LogP contribution in [0.3, 0.4) is 0 Å². The fourth-order valence-electron chi connectivity index (χ4n) is 4.11. The average molecular weight is 432 g/mol. The van der Waals surface area contributed by atoms with E-state index in [1.54, 1.807) is 0 Å². The van der Waals surface area contributed by atoms with Crippen molar-refractivity contribution in [2.45, 2.75) is 25.7 Å². The van der Waals surface area contributed by atoms with Crippen LogP contribution in [0, 0.1) is 0 Å². The molecular weight excluding hydrogens is 402 g/mol. The molecule has 1 aliphatic heterocycles. The Morgan fingerprint density at radius 1 is 0.710 bits per heavy atom. The number of unbranched alkanes of at least 4 members (excludes halogenated alkanes) is 1. The van der Waals surface area contributed by atoms with Crippen molar-refractivity contribution >= 4 is 22.2 Å². The SMILES string of the molecule is ClC(=C(c1ccccc1)c1ccc(OCCCCN2CCCC2)cc1)c1ccccc1. The first-order chi connectivity index (χ1) is 15.3. The number of halogens is 1. The van der Waals surface area contributed by atoms with Crippen molar-refractivity contribution in [3.05, 3.63) is 102 Å². The number of benzene rings is 3. The lowest BCUT2D eigenvalue weighted by Gasteiger charge is -2.15. The maximum absolute atomic E-state index is 6.90. The third kappa shape index (κ3) is 6.00. The van der Waals surface area contributed by atoms with Gasteiger partial charge in [-0.25, -0.2) is 0 Å². The van der Waals surface area contributed by atoms with Crippen molar-refractivity contribution in [2.75, 3.05) is 26.2 Å². The first-order valence-corrected chi connectivity index (χ1v) is 11.7. The number of hydrogen-bond donors (Lipinski definition) is 0. The molecule has 0 aliphatic carbocycles. The Morgan fingerprint density at radius 2 is 1.29 bits per heavy atom. The molecule has 0 aromatic heterocycles. The standard InChI is InChI=1S/C28H30ClNO/c29-28(25-13-5-2-6-14-25)27(23-11-3-1-4-12-23)24-15-17-26(18-16-24)31-22-10-9-21-30-19-7-8-20-30/h1-6,11-18H,7-10,19-22H2. The Hall–Kier alpha value is -2.55. The monoisotopic (exact) mass is 431 g/mol. The van der Waals surface area contributed by atoms with Crippen LogP contribution >= 0.6 is 11.6 Å². The van der Waals surface area contributed by atoms with Gasteiger partial charge in [0.2, 0.25) is 0 Å². The Labute approximate surface area is 191 Å². The van der Waals surface area contributed by atoms with Crippen molar-refractivity contribution in [3.8, 4) is 5.75 Å². The number of hydrogen-bond acceptors (Lipinski definition) is 2. The van der Waals surface area contributed by atoms with Gasteiger partial charge >= 0.3 is 0 Å². The molecule has 4 rings (SSSR count). The molecule has 31 heavy (non-hydrogen) atoms. The minimum absolute atomic E-state index is 0.752. The van der Waals surface area contributed by atoms with E-state index in [2.05, 4.69) is 29.2 Å². The number of nitrogens with zero attached hydrogens (tertiary/aromatic N) is 1. The van der Waals surface area contributed by atoms with E-state index in [0.29, 0.717) is 0 Å². The predicted octanol–water partition coefficient (Wildman–Crippen LogP) is 7.10. The van der Waals surface area contributed by atoms with E-state index in [1.165, 1.54) is 38.9 Å². The van der Waals surface area contributed by atoms with Crippen LogP contribution in [0.4, 0.5) is 0 Å². The zero-order valence-electron chi connectivity index (χ0n) is 18.0. The quantitative estimate of drug-likeness (QED) is 0.264. The third-order valence-electron chi connectivity index (χ3n) is 5.79. The largest absolute Gasteiger partial charge is 0.494 e. The van der Waals surface area contributed by atoms with Gasteiger partial charge in [-0.2, -0.15) is 0 Å². The lowest BCUT2D eigenvalue weighted by atomic mass is 9.95. The van der Waals surface area contributed by atoms with Crippen LogP contribution < -0.4 is 4.74 Å². The summed E-state index contributed by atoms with van der Waals surface area (Å²) in [5.74, 6) is 0.910. The summed E-state index contributed by atoms with van der Waals surface area (Å²) in [6.07, 6.45) is 5.01. The van der Waals surface area contributed by atoms with Crippen LogP contribution in [0.5, 0.6) is 5.75 Å². The maximum Gasteiger partial charge on any atom is 0.119 e. The van der Waals surface area contributed by atoms with E-state index < -0.39 is 0 Å². The highest BCUT2D eigenvalue weighted by molar-refractivity contribution is 6.53. The van der Waals surface area contributed by atoms with E-state index in [0.717, 1.165) is 46.1 Å². The van der Waals surface area contributed by atoms with Crippen LogP contribution in [0.2, 0.25) is 0 Å². The Balaban J connectivity index is 1.44. The zero-order chi connectivity index (χ0) is 21.3. The highest BCUT2D eigenvalue weighted by atomic mass is 35.5. The van der Waals surface area contributed by atoms with Crippen molar-refractivity contribution in [1.29, 1.82) is 0 Å². The lowest BCUT2D eigenvalue weighted by Crippen LogP contribution is -2.20. The van der Waals surface area contributed by atoms with E-state index in [1.807, 2.05) is 60.7 Å². The average Bonchev–Trinajstić information content (AvgIpc) is 3.35. The second-order valence-corrected chi connectivity index (χ2v) is 8.43. The summed E-state index contributed by atoms with van der Waals surface area (Å²) in [5, 5.41) is 0.752. The summed E-state index contributed by atoms with van der Waals surface area (Å²) in [7, 11) is 0. The fraction of sp³-hybridized carbons (Fsp3) is 0.286. The Bertz CT molecular complexity index is 961. The molecule has 2 nitrogen and oxygen atoms in total. The van der Waals surface area contributed by atoms with Crippen molar-refractivity contribution in [1.82, 2.24) is 4.90 Å². The van der Waals surface area contributed by atoms with Crippen LogP contribution in [0.15, 0.2) is 84.9 Å². The molecule has 1 heterocycles. The minimum atomic E-state index is 0.752. The number of likely N-dealkylation sites (tertiary alicyclic amines) is 1. The molecule has 0 amide bonds. The van der Waals surface area contributed by atoms with Crippen LogP contribution in [-0.4, -0.2) is 31.1 Å². The van der Waals surface area contributed by atoms with E-state index in [4.69, 9.17) is 16.3 Å². The van der Waals surface area contributed by atoms with Gasteiger partial charge in [-0.15, -0.1) is 0 Å². The van der Waals surface area contributed by atoms with Gasteiger partial charge in [-0.05, 0) is 74.1 Å². The molecule has 0 radical (unpaired) electrons. The summed E-state index contributed by atoms with van der Waals surface area (Å²) in [6, 6.07) is 28.8. The highest BCUT2D eigenvalue weighted by Gasteiger charge is 2.13. The lowest BCUT2D eigenvalue weighted by molar-refractivity contribution is 0.280. The molecule has 160 valence electrons. The van der Waals surface area contributed by atoms with Crippen LogP contribution in [0.25, 0.3) is 10.6 Å². The summed E-state index contributed by atoms with van der Waals surface area (Å²) < 4.78 is 5.99. The second-order valence-electron chi connectivity index (χ2n) is 8.05. The van der Waals surface area contributed by atoms with Crippen molar-refractivity contribution in [2.24, 2.45) is 0 Å². The third-order valence-corrected chi connectivity index (χ3v) is 6.20. The van der Waals surface area contributed by atoms with Crippen LogP contribution in [-0.2, 0) is 0 Å². The summed E-state index contributed by atoms with van der Waals surface area (Å²) >= 11 is 6.90. The second kappa shape index (κ2) is 11.2. The van der Waals surface area contributed by atoms with Gasteiger partial charge in [0.05, 0.1) is 11.6 Å². The van der Waals surface area contributed by atoms with Gasteiger partial charge in [0.15, 0.2) is 0 Å². The van der Waals surface area contributed by atoms with Crippen molar-refractivity contribution < 1.29 is 4.74 Å². The summed E-state index contributed by atoms with van der Waals surface area (Å²) in [6.45, 7) is 4.50. The molecule has 1 fully saturated rings. The molecule has 3 heteroatoms. The summed E-state index contributed by atoms with van der Waals surface area (Å²) in [5.41, 5.74) is 4.24. The molecule has 3 aromatic carbocycles. The molecule has 0 N–H and O–H groups in total. The molecule has 0 unspecified atom stereocenters. The van der Waals surface area contributed by atoms with Gasteiger partial charge in [0, 0.05) is 5.57 Å². The van der Waals surface area contributed by atoms with E-state index >= 15 is 0 Å². The topological polar surface area (TPSA) is 12.5 Å². The smallest absolute Gasteiger partial charge is 0.119 e. The van der Waals surface area contributed by atoms with Gasteiger partial charge < -0.3 is 9.64 Å². The molecule has 0 atom stereocenters. The zero-order valence-corrected chi connectivity index (χ0v) is 18.7. The molecular formula is C28H30ClNO. The van der Waals surface area contributed by atoms with Gasteiger partial charge in [-0.1, -0.05) is 84.4 Å². The van der Waals surface area contributed by atoms with E-state index in [9.17, 15) is 0 Å². The normalized spacial score (nSPS) is 15.0. The molecule has 1 saturated heterocycles. The number of rotatable bonds is 9. The minimum Gasteiger partial charge on any atom is -0.494 e.